The highest BCUT2D eigenvalue weighted by Gasteiger charge is 2.33. The summed E-state index contributed by atoms with van der Waals surface area (Å²) in [5.41, 5.74) is 1.70. The Balaban J connectivity index is 1.63. The first-order chi connectivity index (χ1) is 11.7. The standard InChI is InChI=1S/C19H12BrNO3/c20-14-8-6-12(7-9-14)15-10-11-16(23-15)17-19(22)24-18(21-17)13-4-2-1-3-5-13/h1-11,17H. The molecule has 2 aromatic carbocycles. The third-order valence-corrected chi connectivity index (χ3v) is 4.24. The van der Waals surface area contributed by atoms with E-state index in [4.69, 9.17) is 9.15 Å². The van der Waals surface area contributed by atoms with Crippen LogP contribution in [-0.4, -0.2) is 11.9 Å². The summed E-state index contributed by atoms with van der Waals surface area (Å²) in [5, 5.41) is 0. The van der Waals surface area contributed by atoms with Crippen LogP contribution in [0.25, 0.3) is 11.3 Å². The number of hydrogen-bond acceptors (Lipinski definition) is 4. The lowest BCUT2D eigenvalue weighted by molar-refractivity contribution is -0.135. The maximum atomic E-state index is 12.1. The number of halogens is 1. The fraction of sp³-hybridized carbons (Fsp3) is 0.0526. The van der Waals surface area contributed by atoms with E-state index < -0.39 is 12.0 Å². The first-order valence-corrected chi connectivity index (χ1v) is 8.20. The number of benzene rings is 2. The van der Waals surface area contributed by atoms with E-state index in [9.17, 15) is 4.79 Å². The molecule has 0 radical (unpaired) electrons. The van der Waals surface area contributed by atoms with Crippen LogP contribution in [0, 0.1) is 0 Å². The van der Waals surface area contributed by atoms with Gasteiger partial charge >= 0.3 is 5.97 Å². The van der Waals surface area contributed by atoms with Gasteiger partial charge in [-0.1, -0.05) is 46.3 Å². The van der Waals surface area contributed by atoms with Crippen LogP contribution in [0.3, 0.4) is 0 Å². The smallest absolute Gasteiger partial charge is 0.345 e. The van der Waals surface area contributed by atoms with E-state index in [1.807, 2.05) is 60.7 Å². The average molecular weight is 382 g/mol. The third-order valence-electron chi connectivity index (χ3n) is 3.71. The highest BCUT2D eigenvalue weighted by atomic mass is 79.9. The predicted molar refractivity (Wildman–Crippen MR) is 93.7 cm³/mol. The van der Waals surface area contributed by atoms with Gasteiger partial charge < -0.3 is 9.15 Å². The van der Waals surface area contributed by atoms with Gasteiger partial charge in [0.25, 0.3) is 0 Å². The minimum Gasteiger partial charge on any atom is -0.458 e. The second kappa shape index (κ2) is 6.09. The van der Waals surface area contributed by atoms with E-state index in [0.717, 1.165) is 15.6 Å². The van der Waals surface area contributed by atoms with Crippen molar-refractivity contribution in [2.24, 2.45) is 4.99 Å². The van der Waals surface area contributed by atoms with Gasteiger partial charge in [-0.15, -0.1) is 0 Å². The van der Waals surface area contributed by atoms with Crippen LogP contribution >= 0.6 is 15.9 Å². The van der Waals surface area contributed by atoms with Gasteiger partial charge in [-0.3, -0.25) is 0 Å². The van der Waals surface area contributed by atoms with Crippen molar-refractivity contribution in [1.29, 1.82) is 0 Å². The molecule has 0 bridgehead atoms. The summed E-state index contributed by atoms with van der Waals surface area (Å²) < 4.78 is 12.1. The summed E-state index contributed by atoms with van der Waals surface area (Å²) in [4.78, 5) is 16.5. The number of rotatable bonds is 3. The van der Waals surface area contributed by atoms with Crippen molar-refractivity contribution in [3.63, 3.8) is 0 Å². The van der Waals surface area contributed by atoms with Crippen LogP contribution in [-0.2, 0) is 9.53 Å². The molecule has 0 amide bonds. The van der Waals surface area contributed by atoms with Crippen LogP contribution in [0.5, 0.6) is 0 Å². The second-order valence-electron chi connectivity index (χ2n) is 5.33. The fourth-order valence-corrected chi connectivity index (χ4v) is 2.77. The monoisotopic (exact) mass is 381 g/mol. The average Bonchev–Trinajstić information content (AvgIpc) is 3.23. The van der Waals surface area contributed by atoms with Gasteiger partial charge in [0, 0.05) is 15.6 Å². The number of ether oxygens (including phenoxy) is 1. The maximum Gasteiger partial charge on any atom is 0.345 e. The van der Waals surface area contributed by atoms with Gasteiger partial charge in [0.05, 0.1) is 0 Å². The largest absolute Gasteiger partial charge is 0.458 e. The van der Waals surface area contributed by atoms with E-state index >= 15 is 0 Å². The number of carbonyl (C=O) groups excluding carboxylic acids is 1. The van der Waals surface area contributed by atoms with E-state index in [0.29, 0.717) is 17.4 Å². The lowest BCUT2D eigenvalue weighted by atomic mass is 10.2. The minimum atomic E-state index is -0.760. The lowest BCUT2D eigenvalue weighted by Gasteiger charge is -2.00. The van der Waals surface area contributed by atoms with Crippen LogP contribution in [0.1, 0.15) is 17.4 Å². The molecule has 1 aromatic heterocycles. The van der Waals surface area contributed by atoms with Crippen LogP contribution in [0.15, 0.2) is 80.6 Å². The summed E-state index contributed by atoms with van der Waals surface area (Å²) in [6.07, 6.45) is 0. The molecule has 24 heavy (non-hydrogen) atoms. The maximum absolute atomic E-state index is 12.1. The number of hydrogen-bond donors (Lipinski definition) is 0. The quantitative estimate of drug-likeness (QED) is 0.614. The van der Waals surface area contributed by atoms with E-state index in [2.05, 4.69) is 20.9 Å². The third kappa shape index (κ3) is 2.78. The van der Waals surface area contributed by atoms with E-state index in [-0.39, 0.29) is 0 Å². The molecule has 0 spiro atoms. The molecule has 1 unspecified atom stereocenters. The molecule has 3 aromatic rings. The summed E-state index contributed by atoms with van der Waals surface area (Å²) in [6, 6.07) is 19.9. The topological polar surface area (TPSA) is 51.8 Å². The Bertz CT molecular complexity index is 913. The Kier molecular flexibility index (Phi) is 3.78. The van der Waals surface area contributed by atoms with Gasteiger partial charge in [-0.05, 0) is 36.4 Å². The molecule has 0 saturated carbocycles. The number of carbonyl (C=O) groups is 1. The molecule has 4 nitrogen and oxygen atoms in total. The van der Waals surface area contributed by atoms with Crippen molar-refractivity contribution in [3.8, 4) is 11.3 Å². The van der Waals surface area contributed by atoms with Crippen molar-refractivity contribution in [2.75, 3.05) is 0 Å². The van der Waals surface area contributed by atoms with Gasteiger partial charge in [-0.2, -0.15) is 0 Å². The SMILES string of the molecule is O=C1OC(c2ccccc2)=NC1c1ccc(-c2ccc(Br)cc2)o1. The van der Waals surface area contributed by atoms with Crippen LogP contribution in [0.2, 0.25) is 0 Å². The number of furan rings is 1. The first-order valence-electron chi connectivity index (χ1n) is 7.41. The Morgan fingerprint density at radius 1 is 0.875 bits per heavy atom. The number of aliphatic imine (C=N–C) groups is 1. The van der Waals surface area contributed by atoms with Gasteiger partial charge in [-0.25, -0.2) is 9.79 Å². The van der Waals surface area contributed by atoms with Crippen molar-refractivity contribution >= 4 is 27.8 Å². The number of cyclic esters (lactones) is 1. The highest BCUT2D eigenvalue weighted by molar-refractivity contribution is 9.10. The summed E-state index contributed by atoms with van der Waals surface area (Å²) >= 11 is 3.40. The molecule has 5 heteroatoms. The first kappa shape index (κ1) is 14.9. The Morgan fingerprint density at radius 3 is 2.38 bits per heavy atom. The minimum absolute atomic E-state index is 0.326. The lowest BCUT2D eigenvalue weighted by Crippen LogP contribution is -2.08. The molecule has 4 rings (SSSR count). The molecule has 1 atom stereocenters. The molecule has 1 aliphatic rings. The van der Waals surface area contributed by atoms with Gasteiger partial charge in [0.2, 0.25) is 11.9 Å². The zero-order valence-corrected chi connectivity index (χ0v) is 14.1. The summed E-state index contributed by atoms with van der Waals surface area (Å²) in [7, 11) is 0. The second-order valence-corrected chi connectivity index (χ2v) is 6.25. The Hall–Kier alpha value is -2.66. The van der Waals surface area contributed by atoms with Crippen molar-refractivity contribution in [1.82, 2.24) is 0 Å². The van der Waals surface area contributed by atoms with Crippen LogP contribution in [0.4, 0.5) is 0 Å². The molecule has 0 N–H and O–H groups in total. The molecule has 2 heterocycles. The summed E-state index contributed by atoms with van der Waals surface area (Å²) in [6.45, 7) is 0. The highest BCUT2D eigenvalue weighted by Crippen LogP contribution is 2.31. The molecule has 0 saturated heterocycles. The molecule has 0 fully saturated rings. The van der Waals surface area contributed by atoms with Crippen LogP contribution < -0.4 is 0 Å². The molecule has 0 aliphatic carbocycles. The van der Waals surface area contributed by atoms with E-state index in [1.54, 1.807) is 6.07 Å². The Labute approximate surface area is 146 Å². The summed E-state index contributed by atoms with van der Waals surface area (Å²) in [5.74, 6) is 1.07. The predicted octanol–water partition coefficient (Wildman–Crippen LogP) is 4.75. The Morgan fingerprint density at radius 2 is 1.62 bits per heavy atom. The van der Waals surface area contributed by atoms with Crippen molar-refractivity contribution in [2.45, 2.75) is 6.04 Å². The van der Waals surface area contributed by atoms with Crippen molar-refractivity contribution in [3.05, 3.63) is 82.5 Å². The van der Waals surface area contributed by atoms with Gasteiger partial charge in [0.1, 0.15) is 11.5 Å². The number of nitrogens with zero attached hydrogens (tertiary/aromatic N) is 1. The molecular formula is C19H12BrNO3. The van der Waals surface area contributed by atoms with E-state index in [1.165, 1.54) is 0 Å². The normalized spacial score (nSPS) is 16.8. The zero-order chi connectivity index (χ0) is 16.5. The number of esters is 1. The molecular weight excluding hydrogens is 370 g/mol. The molecule has 1 aliphatic heterocycles. The fourth-order valence-electron chi connectivity index (χ4n) is 2.51. The van der Waals surface area contributed by atoms with Crippen molar-refractivity contribution < 1.29 is 13.9 Å². The van der Waals surface area contributed by atoms with Gasteiger partial charge in [0.15, 0.2) is 0 Å². The molecule has 118 valence electrons. The zero-order valence-electron chi connectivity index (χ0n) is 12.5.